The van der Waals surface area contributed by atoms with Crippen LogP contribution in [0.25, 0.3) is 16.2 Å². The Labute approximate surface area is 168 Å². The molecule has 0 aliphatic rings. The van der Waals surface area contributed by atoms with Crippen LogP contribution >= 0.6 is 11.3 Å². The van der Waals surface area contributed by atoms with Crippen LogP contribution < -0.4 is 0 Å². The maximum Gasteiger partial charge on any atom is 0.272 e. The van der Waals surface area contributed by atoms with Crippen LogP contribution in [0.1, 0.15) is 41.0 Å². The summed E-state index contributed by atoms with van der Waals surface area (Å²) >= 11 is 1.49. The van der Waals surface area contributed by atoms with E-state index in [1.165, 1.54) is 16.9 Å². The van der Waals surface area contributed by atoms with Crippen LogP contribution in [0.4, 0.5) is 0 Å². The topological polar surface area (TPSA) is 50.5 Å². The van der Waals surface area contributed by atoms with E-state index in [1.54, 1.807) is 11.1 Å². The smallest absolute Gasteiger partial charge is 0.272 e. The van der Waals surface area contributed by atoms with E-state index in [4.69, 9.17) is 4.98 Å². The number of hydrogen-bond acceptors (Lipinski definition) is 4. The molecule has 6 heteroatoms. The Morgan fingerprint density at radius 2 is 2.04 bits per heavy atom. The second kappa shape index (κ2) is 7.56. The highest BCUT2D eigenvalue weighted by molar-refractivity contribution is 7.15. The fraction of sp³-hybridized carbons (Fsp3) is 0.227. The second-order valence-electron chi connectivity index (χ2n) is 6.89. The van der Waals surface area contributed by atoms with Crippen LogP contribution in [0.5, 0.6) is 0 Å². The van der Waals surface area contributed by atoms with E-state index in [0.29, 0.717) is 5.69 Å². The molecule has 1 atom stereocenters. The molecule has 0 N–H and O–H groups in total. The molecule has 28 heavy (non-hydrogen) atoms. The van der Waals surface area contributed by atoms with E-state index in [0.717, 1.165) is 28.2 Å². The van der Waals surface area contributed by atoms with Crippen molar-refractivity contribution in [1.82, 2.24) is 19.3 Å². The molecule has 5 nitrogen and oxygen atoms in total. The standard InChI is InChI=1S/C22H22N4OS/c1-4-19(17-6-5-11-23-12-17)25(3)21(27)20-14-28-22-24-18(13-26(20)22)16-9-7-15(2)8-10-16/h5-14,19H,4H2,1-3H3/t19-/m1/s1. The molecular weight excluding hydrogens is 368 g/mol. The molecule has 4 rings (SSSR count). The first-order valence-corrected chi connectivity index (χ1v) is 10.2. The number of carbonyl (C=O) groups is 1. The minimum Gasteiger partial charge on any atom is -0.333 e. The van der Waals surface area contributed by atoms with Gasteiger partial charge >= 0.3 is 0 Å². The number of imidazole rings is 1. The van der Waals surface area contributed by atoms with Crippen molar-refractivity contribution in [1.29, 1.82) is 0 Å². The van der Waals surface area contributed by atoms with Crippen LogP contribution in [0.2, 0.25) is 0 Å². The number of hydrogen-bond donors (Lipinski definition) is 0. The largest absolute Gasteiger partial charge is 0.333 e. The molecule has 0 radical (unpaired) electrons. The summed E-state index contributed by atoms with van der Waals surface area (Å²) in [6, 6.07) is 12.2. The summed E-state index contributed by atoms with van der Waals surface area (Å²) in [7, 11) is 1.85. The van der Waals surface area contributed by atoms with Crippen molar-refractivity contribution in [3.63, 3.8) is 0 Å². The minimum absolute atomic E-state index is 0.0174. The number of carbonyl (C=O) groups excluding carboxylic acids is 1. The van der Waals surface area contributed by atoms with E-state index < -0.39 is 0 Å². The summed E-state index contributed by atoms with van der Waals surface area (Å²) in [5.74, 6) is -0.0187. The summed E-state index contributed by atoms with van der Waals surface area (Å²) in [6.07, 6.45) is 6.34. The van der Waals surface area contributed by atoms with E-state index >= 15 is 0 Å². The van der Waals surface area contributed by atoms with Crippen LogP contribution in [-0.2, 0) is 0 Å². The predicted octanol–water partition coefficient (Wildman–Crippen LogP) is 4.99. The van der Waals surface area contributed by atoms with Gasteiger partial charge in [-0.3, -0.25) is 14.2 Å². The lowest BCUT2D eigenvalue weighted by atomic mass is 10.1. The number of aryl methyl sites for hydroxylation is 1. The maximum atomic E-state index is 13.2. The van der Waals surface area contributed by atoms with Gasteiger partial charge in [0.2, 0.25) is 0 Å². The van der Waals surface area contributed by atoms with Crippen molar-refractivity contribution >= 4 is 22.2 Å². The Morgan fingerprint density at radius 1 is 1.25 bits per heavy atom. The predicted molar refractivity (Wildman–Crippen MR) is 113 cm³/mol. The lowest BCUT2D eigenvalue weighted by Crippen LogP contribution is -2.31. The molecule has 1 aromatic carbocycles. The minimum atomic E-state index is -0.0187. The quantitative estimate of drug-likeness (QED) is 0.482. The number of aromatic nitrogens is 3. The number of amides is 1. The first-order chi connectivity index (χ1) is 13.6. The van der Waals surface area contributed by atoms with Crippen molar-refractivity contribution in [3.05, 3.63) is 77.2 Å². The number of benzene rings is 1. The number of rotatable bonds is 5. The normalized spacial score (nSPS) is 12.2. The van der Waals surface area contributed by atoms with Crippen molar-refractivity contribution in [3.8, 4) is 11.3 Å². The monoisotopic (exact) mass is 390 g/mol. The van der Waals surface area contributed by atoms with Crippen molar-refractivity contribution in [2.75, 3.05) is 7.05 Å². The highest BCUT2D eigenvalue weighted by Gasteiger charge is 2.24. The molecule has 0 unspecified atom stereocenters. The summed E-state index contributed by atoms with van der Waals surface area (Å²) in [5.41, 5.74) is 4.81. The second-order valence-corrected chi connectivity index (χ2v) is 7.73. The number of pyridine rings is 1. The molecule has 1 amide bonds. The van der Waals surface area contributed by atoms with Crippen LogP contribution in [-0.4, -0.2) is 32.2 Å². The zero-order chi connectivity index (χ0) is 19.7. The van der Waals surface area contributed by atoms with Gasteiger partial charge in [-0.1, -0.05) is 42.8 Å². The van der Waals surface area contributed by atoms with Crippen LogP contribution in [0, 0.1) is 6.92 Å². The Kier molecular flexibility index (Phi) is 4.96. The lowest BCUT2D eigenvalue weighted by molar-refractivity contribution is 0.0719. The highest BCUT2D eigenvalue weighted by Crippen LogP contribution is 2.27. The third-order valence-corrected chi connectivity index (χ3v) is 5.86. The highest BCUT2D eigenvalue weighted by atomic mass is 32.1. The van der Waals surface area contributed by atoms with Gasteiger partial charge in [-0.25, -0.2) is 4.98 Å². The molecule has 0 spiro atoms. The summed E-state index contributed by atoms with van der Waals surface area (Å²) < 4.78 is 1.90. The van der Waals surface area contributed by atoms with Gasteiger partial charge in [0, 0.05) is 36.6 Å². The Bertz CT molecular complexity index is 1100. The average molecular weight is 391 g/mol. The molecule has 0 saturated heterocycles. The molecule has 0 aliphatic heterocycles. The molecule has 0 bridgehead atoms. The fourth-order valence-electron chi connectivity index (χ4n) is 3.43. The van der Waals surface area contributed by atoms with Crippen molar-refractivity contribution < 1.29 is 4.79 Å². The van der Waals surface area contributed by atoms with Gasteiger partial charge in [0.15, 0.2) is 4.96 Å². The maximum absolute atomic E-state index is 13.2. The van der Waals surface area contributed by atoms with Gasteiger partial charge < -0.3 is 4.90 Å². The van der Waals surface area contributed by atoms with Gasteiger partial charge in [0.25, 0.3) is 5.91 Å². The molecule has 3 heterocycles. The van der Waals surface area contributed by atoms with Gasteiger partial charge in [0.05, 0.1) is 11.7 Å². The molecule has 0 saturated carbocycles. The molecular formula is C22H22N4OS. The third kappa shape index (κ3) is 3.31. The number of thiazole rings is 1. The zero-order valence-electron chi connectivity index (χ0n) is 16.2. The summed E-state index contributed by atoms with van der Waals surface area (Å²) in [6.45, 7) is 4.14. The molecule has 4 aromatic rings. The van der Waals surface area contributed by atoms with E-state index in [1.807, 2.05) is 41.4 Å². The van der Waals surface area contributed by atoms with Gasteiger partial charge in [0.1, 0.15) is 5.69 Å². The third-order valence-electron chi connectivity index (χ3n) is 5.02. The number of nitrogens with zero attached hydrogens (tertiary/aromatic N) is 4. The van der Waals surface area contributed by atoms with Gasteiger partial charge in [-0.05, 0) is 25.0 Å². The van der Waals surface area contributed by atoms with E-state index in [2.05, 4.69) is 43.1 Å². The Morgan fingerprint density at radius 3 is 2.71 bits per heavy atom. The zero-order valence-corrected chi connectivity index (χ0v) is 17.0. The van der Waals surface area contributed by atoms with Crippen molar-refractivity contribution in [2.45, 2.75) is 26.3 Å². The Hall–Kier alpha value is -2.99. The van der Waals surface area contributed by atoms with Gasteiger partial charge in [-0.2, -0.15) is 0 Å². The first kappa shape index (κ1) is 18.4. The first-order valence-electron chi connectivity index (χ1n) is 9.29. The molecule has 142 valence electrons. The fourth-order valence-corrected chi connectivity index (χ4v) is 4.28. The summed E-state index contributed by atoms with van der Waals surface area (Å²) in [5, 5.41) is 1.88. The van der Waals surface area contributed by atoms with Gasteiger partial charge in [-0.15, -0.1) is 11.3 Å². The average Bonchev–Trinajstić information content (AvgIpc) is 3.30. The Balaban J connectivity index is 1.66. The van der Waals surface area contributed by atoms with E-state index in [-0.39, 0.29) is 11.9 Å². The molecule has 3 aromatic heterocycles. The van der Waals surface area contributed by atoms with Crippen LogP contribution in [0.15, 0.2) is 60.4 Å². The number of fused-ring (bicyclic) bond motifs is 1. The molecule has 0 fully saturated rings. The van der Waals surface area contributed by atoms with E-state index in [9.17, 15) is 4.79 Å². The summed E-state index contributed by atoms with van der Waals surface area (Å²) in [4.78, 5) is 24.8. The lowest BCUT2D eigenvalue weighted by Gasteiger charge is -2.27. The SMILES string of the molecule is CC[C@H](c1cccnc1)N(C)C(=O)c1csc2nc(-c3ccc(C)cc3)cn12. The van der Waals surface area contributed by atoms with Crippen molar-refractivity contribution in [2.24, 2.45) is 0 Å². The van der Waals surface area contributed by atoms with Crippen LogP contribution in [0.3, 0.4) is 0 Å². The molecule has 0 aliphatic carbocycles.